The van der Waals surface area contributed by atoms with Crippen LogP contribution in [0.4, 0.5) is 0 Å². The van der Waals surface area contributed by atoms with Crippen molar-refractivity contribution in [3.8, 4) is 11.3 Å². The van der Waals surface area contributed by atoms with Crippen LogP contribution in [0.5, 0.6) is 0 Å². The molecule has 8 heteroatoms. The highest BCUT2D eigenvalue weighted by molar-refractivity contribution is 6.42. The maximum absolute atomic E-state index is 12.2. The average molecular weight is 374 g/mol. The topological polar surface area (TPSA) is 83.0 Å². The van der Waals surface area contributed by atoms with Crippen LogP contribution in [0.2, 0.25) is 10.0 Å². The summed E-state index contributed by atoms with van der Waals surface area (Å²) in [4.78, 5) is 16.1. The average Bonchev–Trinajstić information content (AvgIpc) is 3.12. The van der Waals surface area contributed by atoms with Gasteiger partial charge in [0.2, 0.25) is 0 Å². The number of halogens is 2. The molecule has 0 bridgehead atoms. The van der Waals surface area contributed by atoms with E-state index in [4.69, 9.17) is 23.2 Å². The summed E-state index contributed by atoms with van der Waals surface area (Å²) in [5.41, 5.74) is 5.65. The maximum atomic E-state index is 12.2. The van der Waals surface area contributed by atoms with Crippen molar-refractivity contribution in [1.29, 1.82) is 0 Å². The van der Waals surface area contributed by atoms with Gasteiger partial charge in [0.25, 0.3) is 5.91 Å². The lowest BCUT2D eigenvalue weighted by Crippen LogP contribution is -2.19. The Morgan fingerprint density at radius 3 is 2.60 bits per heavy atom. The van der Waals surface area contributed by atoms with Gasteiger partial charge in [0, 0.05) is 23.5 Å². The number of pyridine rings is 1. The summed E-state index contributed by atoms with van der Waals surface area (Å²) in [5.74, 6) is -0.396. The van der Waals surface area contributed by atoms with E-state index < -0.39 is 5.91 Å². The zero-order chi connectivity index (χ0) is 17.8. The fraction of sp³-hybridized carbons (Fsp3) is 0.0588. The molecule has 2 N–H and O–H groups in total. The maximum Gasteiger partial charge on any atom is 0.289 e. The van der Waals surface area contributed by atoms with Crippen molar-refractivity contribution in [2.75, 3.05) is 0 Å². The van der Waals surface area contributed by atoms with Gasteiger partial charge in [-0.2, -0.15) is 10.2 Å². The molecule has 0 atom stereocenters. The molecule has 6 nitrogen and oxygen atoms in total. The number of H-pyrrole nitrogens is 1. The summed E-state index contributed by atoms with van der Waals surface area (Å²) in [6.07, 6.45) is 3.32. The Labute approximate surface area is 153 Å². The minimum atomic E-state index is -0.396. The van der Waals surface area contributed by atoms with E-state index in [2.05, 4.69) is 25.7 Å². The Kier molecular flexibility index (Phi) is 5.11. The van der Waals surface area contributed by atoms with E-state index in [0.29, 0.717) is 21.5 Å². The van der Waals surface area contributed by atoms with Crippen LogP contribution in [0.3, 0.4) is 0 Å². The third kappa shape index (κ3) is 4.04. The zero-order valence-corrected chi connectivity index (χ0v) is 14.6. The molecule has 2 heterocycles. The Morgan fingerprint density at radius 1 is 1.12 bits per heavy atom. The molecular weight excluding hydrogens is 361 g/mol. The number of hydrogen-bond donors (Lipinski definition) is 2. The number of hydrazone groups is 1. The van der Waals surface area contributed by atoms with Gasteiger partial charge in [-0.1, -0.05) is 29.3 Å². The van der Waals surface area contributed by atoms with Gasteiger partial charge in [-0.05, 0) is 37.3 Å². The SMILES string of the molecule is C/C(=N\NC(=O)c1cc(-c2ccc(Cl)c(Cl)c2)n[nH]1)c1ccncc1. The van der Waals surface area contributed by atoms with E-state index in [1.807, 2.05) is 12.1 Å². The van der Waals surface area contributed by atoms with Crippen molar-refractivity contribution in [3.05, 3.63) is 70.1 Å². The molecule has 0 unspecified atom stereocenters. The van der Waals surface area contributed by atoms with Gasteiger partial charge in [-0.3, -0.25) is 14.9 Å². The number of hydrogen-bond acceptors (Lipinski definition) is 4. The third-order valence-corrected chi connectivity index (χ3v) is 4.20. The first-order valence-corrected chi connectivity index (χ1v) is 8.06. The first kappa shape index (κ1) is 17.1. The van der Waals surface area contributed by atoms with E-state index in [-0.39, 0.29) is 5.69 Å². The molecular formula is C17H13Cl2N5O. The molecule has 0 radical (unpaired) electrons. The number of nitrogens with one attached hydrogen (secondary N) is 2. The summed E-state index contributed by atoms with van der Waals surface area (Å²) < 4.78 is 0. The molecule has 3 aromatic rings. The molecule has 2 aromatic heterocycles. The molecule has 0 spiro atoms. The Morgan fingerprint density at radius 2 is 1.88 bits per heavy atom. The van der Waals surface area contributed by atoms with E-state index in [0.717, 1.165) is 11.1 Å². The van der Waals surface area contributed by atoms with Crippen molar-refractivity contribution in [2.45, 2.75) is 6.92 Å². The first-order valence-electron chi connectivity index (χ1n) is 7.30. The minimum Gasteiger partial charge on any atom is -0.272 e. The monoisotopic (exact) mass is 373 g/mol. The standard InChI is InChI=1S/C17H13Cl2N5O/c1-10(11-4-6-20-7-5-11)21-24-17(25)16-9-15(22-23-16)12-2-3-13(18)14(19)8-12/h2-9H,1H3,(H,22,23)(H,24,25)/b21-10+. The van der Waals surface area contributed by atoms with Crippen LogP contribution in [-0.4, -0.2) is 26.8 Å². The molecule has 0 saturated heterocycles. The Hall–Kier alpha value is -2.70. The van der Waals surface area contributed by atoms with E-state index in [1.165, 1.54) is 0 Å². The van der Waals surface area contributed by atoms with Crippen LogP contribution in [-0.2, 0) is 0 Å². The second-order valence-corrected chi connectivity index (χ2v) is 5.98. The van der Waals surface area contributed by atoms with Crippen molar-refractivity contribution >= 4 is 34.8 Å². The summed E-state index contributed by atoms with van der Waals surface area (Å²) in [5, 5.41) is 11.8. The molecule has 1 amide bonds. The minimum absolute atomic E-state index is 0.285. The normalized spacial score (nSPS) is 11.4. The van der Waals surface area contributed by atoms with Crippen molar-refractivity contribution in [3.63, 3.8) is 0 Å². The predicted octanol–water partition coefficient (Wildman–Crippen LogP) is 3.93. The smallest absolute Gasteiger partial charge is 0.272 e. The Balaban J connectivity index is 1.73. The summed E-state index contributed by atoms with van der Waals surface area (Å²) in [6, 6.07) is 10.4. The number of amides is 1. The number of aromatic nitrogens is 3. The summed E-state index contributed by atoms with van der Waals surface area (Å²) in [7, 11) is 0. The zero-order valence-electron chi connectivity index (χ0n) is 13.1. The lowest BCUT2D eigenvalue weighted by Gasteiger charge is -2.01. The molecule has 0 saturated carbocycles. The van der Waals surface area contributed by atoms with Crippen LogP contribution in [0.15, 0.2) is 53.9 Å². The molecule has 1 aromatic carbocycles. The van der Waals surface area contributed by atoms with Gasteiger partial charge < -0.3 is 0 Å². The molecule has 25 heavy (non-hydrogen) atoms. The molecule has 0 aliphatic heterocycles. The molecule has 0 fully saturated rings. The van der Waals surface area contributed by atoms with Crippen LogP contribution in [0.25, 0.3) is 11.3 Å². The lowest BCUT2D eigenvalue weighted by molar-refractivity contribution is 0.0950. The fourth-order valence-electron chi connectivity index (χ4n) is 2.09. The summed E-state index contributed by atoms with van der Waals surface area (Å²) in [6.45, 7) is 1.80. The summed E-state index contributed by atoms with van der Waals surface area (Å²) >= 11 is 11.9. The first-order chi connectivity index (χ1) is 12.0. The highest BCUT2D eigenvalue weighted by atomic mass is 35.5. The number of rotatable bonds is 4. The second-order valence-electron chi connectivity index (χ2n) is 5.17. The molecule has 3 rings (SSSR count). The number of carbonyl (C=O) groups excluding carboxylic acids is 1. The van der Waals surface area contributed by atoms with Crippen LogP contribution in [0.1, 0.15) is 23.0 Å². The highest BCUT2D eigenvalue weighted by Gasteiger charge is 2.11. The van der Waals surface area contributed by atoms with Crippen LogP contribution >= 0.6 is 23.2 Å². The number of nitrogens with zero attached hydrogens (tertiary/aromatic N) is 3. The number of benzene rings is 1. The predicted molar refractivity (Wildman–Crippen MR) is 98.0 cm³/mol. The number of carbonyl (C=O) groups is 1. The van der Waals surface area contributed by atoms with Crippen LogP contribution in [0, 0.1) is 0 Å². The fourth-order valence-corrected chi connectivity index (χ4v) is 2.39. The van der Waals surface area contributed by atoms with E-state index in [1.54, 1.807) is 43.6 Å². The lowest BCUT2D eigenvalue weighted by atomic mass is 10.1. The molecule has 0 aliphatic rings. The van der Waals surface area contributed by atoms with Crippen LogP contribution < -0.4 is 5.43 Å². The van der Waals surface area contributed by atoms with Gasteiger partial charge in [0.15, 0.2) is 0 Å². The number of aromatic amines is 1. The van der Waals surface area contributed by atoms with Crippen molar-refractivity contribution in [2.24, 2.45) is 5.10 Å². The van der Waals surface area contributed by atoms with E-state index >= 15 is 0 Å². The second kappa shape index (κ2) is 7.46. The molecule has 126 valence electrons. The Bertz CT molecular complexity index is 937. The third-order valence-electron chi connectivity index (χ3n) is 3.46. The quantitative estimate of drug-likeness (QED) is 0.536. The molecule has 0 aliphatic carbocycles. The van der Waals surface area contributed by atoms with Crippen molar-refractivity contribution in [1.82, 2.24) is 20.6 Å². The van der Waals surface area contributed by atoms with Gasteiger partial charge in [-0.15, -0.1) is 0 Å². The largest absolute Gasteiger partial charge is 0.289 e. The van der Waals surface area contributed by atoms with E-state index in [9.17, 15) is 4.79 Å². The van der Waals surface area contributed by atoms with Gasteiger partial charge >= 0.3 is 0 Å². The van der Waals surface area contributed by atoms with Gasteiger partial charge in [0.05, 0.1) is 21.5 Å². The van der Waals surface area contributed by atoms with Crippen molar-refractivity contribution < 1.29 is 4.79 Å². The highest BCUT2D eigenvalue weighted by Crippen LogP contribution is 2.27. The van der Waals surface area contributed by atoms with Gasteiger partial charge in [-0.25, -0.2) is 5.43 Å². The van der Waals surface area contributed by atoms with Gasteiger partial charge in [0.1, 0.15) is 5.69 Å².